The van der Waals surface area contributed by atoms with Crippen LogP contribution in [-0.4, -0.2) is 62.3 Å². The number of benzene rings is 2. The Morgan fingerprint density at radius 2 is 0.596 bits per heavy atom. The standard InChI is InChI=1S/C48H84N2O2/c1-5-9-13-15-17-21-37-49(35-19-11-7-3)39-23-25-41-51-43-45-27-31-47(32-28-45)48-33-29-46(30-34-48)44-52-42-26-24-40-50(36-20-12-8-4)38-22-18-16-14-10-6-2/h27-34H,5-26,35-44H2,1-4H3. The number of hydrogen-bond acceptors (Lipinski definition) is 4. The molecule has 4 nitrogen and oxygen atoms in total. The molecule has 298 valence electrons. The van der Waals surface area contributed by atoms with Gasteiger partial charge in [-0.15, -0.1) is 0 Å². The number of ether oxygens (including phenoxy) is 2. The van der Waals surface area contributed by atoms with E-state index in [1.165, 1.54) is 190 Å². The van der Waals surface area contributed by atoms with Gasteiger partial charge in [-0.2, -0.15) is 0 Å². The van der Waals surface area contributed by atoms with Gasteiger partial charge in [0.2, 0.25) is 0 Å². The van der Waals surface area contributed by atoms with Crippen molar-refractivity contribution in [2.24, 2.45) is 0 Å². The maximum Gasteiger partial charge on any atom is 0.0716 e. The summed E-state index contributed by atoms with van der Waals surface area (Å²) in [4.78, 5) is 5.44. The van der Waals surface area contributed by atoms with Crippen molar-refractivity contribution in [2.45, 2.75) is 182 Å². The molecule has 4 heteroatoms. The lowest BCUT2D eigenvalue weighted by Gasteiger charge is -2.22. The first-order valence-corrected chi connectivity index (χ1v) is 22.5. The van der Waals surface area contributed by atoms with Crippen LogP contribution in [0.4, 0.5) is 0 Å². The highest BCUT2D eigenvalue weighted by molar-refractivity contribution is 5.63. The summed E-state index contributed by atoms with van der Waals surface area (Å²) in [6.45, 7) is 19.8. The maximum atomic E-state index is 6.09. The normalized spacial score (nSPS) is 11.7. The molecule has 0 atom stereocenters. The molecular weight excluding hydrogens is 637 g/mol. The van der Waals surface area contributed by atoms with Gasteiger partial charge in [0.15, 0.2) is 0 Å². The van der Waals surface area contributed by atoms with E-state index in [1.807, 2.05) is 0 Å². The zero-order chi connectivity index (χ0) is 37.2. The highest BCUT2D eigenvalue weighted by Crippen LogP contribution is 2.21. The number of nitrogens with zero attached hydrogens (tertiary/aromatic N) is 2. The van der Waals surface area contributed by atoms with Gasteiger partial charge in [-0.1, -0.05) is 166 Å². The summed E-state index contributed by atoms with van der Waals surface area (Å²) in [6.07, 6.45) is 29.4. The minimum atomic E-state index is 0.699. The lowest BCUT2D eigenvalue weighted by Crippen LogP contribution is -2.27. The zero-order valence-electron chi connectivity index (χ0n) is 35.0. The third-order valence-electron chi connectivity index (χ3n) is 10.6. The second-order valence-electron chi connectivity index (χ2n) is 15.5. The van der Waals surface area contributed by atoms with Gasteiger partial charge in [0.25, 0.3) is 0 Å². The van der Waals surface area contributed by atoms with Gasteiger partial charge in [0.05, 0.1) is 13.2 Å². The molecule has 2 rings (SSSR count). The van der Waals surface area contributed by atoms with Crippen LogP contribution in [0.15, 0.2) is 48.5 Å². The summed E-state index contributed by atoms with van der Waals surface area (Å²) in [6, 6.07) is 17.8. The predicted molar refractivity (Wildman–Crippen MR) is 228 cm³/mol. The van der Waals surface area contributed by atoms with Crippen LogP contribution in [0.25, 0.3) is 11.1 Å². The minimum Gasteiger partial charge on any atom is -0.377 e. The maximum absolute atomic E-state index is 6.09. The van der Waals surface area contributed by atoms with Crippen LogP contribution in [0, 0.1) is 0 Å². The van der Waals surface area contributed by atoms with Crippen LogP contribution >= 0.6 is 0 Å². The van der Waals surface area contributed by atoms with Gasteiger partial charge < -0.3 is 19.3 Å². The average molecular weight is 721 g/mol. The molecule has 0 bridgehead atoms. The molecule has 0 aromatic heterocycles. The van der Waals surface area contributed by atoms with Gasteiger partial charge in [-0.25, -0.2) is 0 Å². The molecule has 0 aliphatic rings. The second-order valence-corrected chi connectivity index (χ2v) is 15.5. The third kappa shape index (κ3) is 24.6. The van der Waals surface area contributed by atoms with Crippen molar-refractivity contribution in [3.8, 4) is 11.1 Å². The van der Waals surface area contributed by atoms with Gasteiger partial charge >= 0.3 is 0 Å². The lowest BCUT2D eigenvalue weighted by atomic mass is 10.0. The van der Waals surface area contributed by atoms with Gasteiger partial charge in [-0.3, -0.25) is 0 Å². The Bertz CT molecular complexity index is 940. The van der Waals surface area contributed by atoms with Crippen LogP contribution in [0.1, 0.15) is 180 Å². The van der Waals surface area contributed by atoms with Crippen molar-refractivity contribution in [3.63, 3.8) is 0 Å². The summed E-state index contributed by atoms with van der Waals surface area (Å²) < 4.78 is 12.2. The lowest BCUT2D eigenvalue weighted by molar-refractivity contribution is 0.114. The molecule has 52 heavy (non-hydrogen) atoms. The molecule has 0 heterocycles. The zero-order valence-corrected chi connectivity index (χ0v) is 35.0. The van der Waals surface area contributed by atoms with Crippen molar-refractivity contribution >= 4 is 0 Å². The first kappa shape index (κ1) is 46.4. The Labute approximate surface area is 323 Å². The fraction of sp³-hybridized carbons (Fsp3) is 0.750. The van der Waals surface area contributed by atoms with E-state index in [4.69, 9.17) is 9.47 Å². The molecule has 0 unspecified atom stereocenters. The van der Waals surface area contributed by atoms with E-state index < -0.39 is 0 Å². The van der Waals surface area contributed by atoms with E-state index >= 15 is 0 Å². The first-order valence-electron chi connectivity index (χ1n) is 22.5. The van der Waals surface area contributed by atoms with Crippen LogP contribution in [-0.2, 0) is 22.7 Å². The fourth-order valence-electron chi connectivity index (χ4n) is 7.12. The summed E-state index contributed by atoms with van der Waals surface area (Å²) in [7, 11) is 0. The monoisotopic (exact) mass is 721 g/mol. The van der Waals surface area contributed by atoms with E-state index in [-0.39, 0.29) is 0 Å². The van der Waals surface area contributed by atoms with Crippen molar-refractivity contribution in [3.05, 3.63) is 59.7 Å². The van der Waals surface area contributed by atoms with Gasteiger partial charge in [0.1, 0.15) is 0 Å². The van der Waals surface area contributed by atoms with E-state index in [1.54, 1.807) is 0 Å². The van der Waals surface area contributed by atoms with Gasteiger partial charge in [-0.05, 0) is 113 Å². The van der Waals surface area contributed by atoms with Gasteiger partial charge in [0, 0.05) is 13.2 Å². The van der Waals surface area contributed by atoms with E-state index in [2.05, 4.69) is 86.0 Å². The van der Waals surface area contributed by atoms with Crippen molar-refractivity contribution in [2.75, 3.05) is 52.5 Å². The summed E-state index contributed by atoms with van der Waals surface area (Å²) in [5, 5.41) is 0. The van der Waals surface area contributed by atoms with Crippen LogP contribution in [0.3, 0.4) is 0 Å². The smallest absolute Gasteiger partial charge is 0.0716 e. The Balaban J connectivity index is 1.60. The Morgan fingerprint density at radius 1 is 0.327 bits per heavy atom. The third-order valence-corrected chi connectivity index (χ3v) is 10.6. The molecule has 0 spiro atoms. The first-order chi connectivity index (χ1) is 25.7. The molecule has 2 aromatic carbocycles. The summed E-state index contributed by atoms with van der Waals surface area (Å²) in [5.74, 6) is 0. The van der Waals surface area contributed by atoms with E-state index in [0.717, 1.165) is 26.1 Å². The van der Waals surface area contributed by atoms with E-state index in [0.29, 0.717) is 13.2 Å². The van der Waals surface area contributed by atoms with Crippen LogP contribution in [0.5, 0.6) is 0 Å². The molecule has 0 fully saturated rings. The predicted octanol–water partition coefficient (Wildman–Crippen LogP) is 13.7. The fourth-order valence-corrected chi connectivity index (χ4v) is 7.12. The molecule has 0 radical (unpaired) electrons. The number of unbranched alkanes of at least 4 members (excludes halogenated alkanes) is 16. The molecule has 0 aliphatic heterocycles. The number of hydrogen-bond donors (Lipinski definition) is 0. The van der Waals surface area contributed by atoms with Crippen LogP contribution < -0.4 is 0 Å². The van der Waals surface area contributed by atoms with Crippen molar-refractivity contribution in [1.29, 1.82) is 0 Å². The average Bonchev–Trinajstić information content (AvgIpc) is 3.17. The van der Waals surface area contributed by atoms with Crippen LogP contribution in [0.2, 0.25) is 0 Å². The Hall–Kier alpha value is -1.72. The van der Waals surface area contributed by atoms with Crippen molar-refractivity contribution in [1.82, 2.24) is 9.80 Å². The highest BCUT2D eigenvalue weighted by atomic mass is 16.5. The van der Waals surface area contributed by atoms with E-state index in [9.17, 15) is 0 Å². The second kappa shape index (κ2) is 33.8. The molecule has 2 aromatic rings. The number of rotatable bonds is 37. The Kier molecular flexibility index (Phi) is 30.2. The molecule has 0 N–H and O–H groups in total. The molecule has 0 amide bonds. The topological polar surface area (TPSA) is 24.9 Å². The summed E-state index contributed by atoms with van der Waals surface area (Å²) >= 11 is 0. The minimum absolute atomic E-state index is 0.699. The molecule has 0 saturated carbocycles. The highest BCUT2D eigenvalue weighted by Gasteiger charge is 2.07. The largest absolute Gasteiger partial charge is 0.377 e. The molecular formula is C48H84N2O2. The quantitative estimate of drug-likeness (QED) is 0.0649. The SMILES string of the molecule is CCCCCCCCN(CCCCC)CCCCOCc1ccc(-c2ccc(COCCCCN(CCCCC)CCCCCCCC)cc2)cc1. The Morgan fingerprint density at radius 3 is 0.942 bits per heavy atom. The summed E-state index contributed by atoms with van der Waals surface area (Å²) in [5.41, 5.74) is 5.03. The molecule has 0 aliphatic carbocycles. The molecule has 0 saturated heterocycles. The van der Waals surface area contributed by atoms with Crippen molar-refractivity contribution < 1.29 is 9.47 Å².